The summed E-state index contributed by atoms with van der Waals surface area (Å²) < 4.78 is 15.0. The van der Waals surface area contributed by atoms with Gasteiger partial charge >= 0.3 is 5.97 Å². The Bertz CT molecular complexity index is 629. The smallest absolute Gasteiger partial charge is 0.328 e. The maximum Gasteiger partial charge on any atom is 0.328 e. The number of rotatable bonds is 10. The Labute approximate surface area is 141 Å². The summed E-state index contributed by atoms with van der Waals surface area (Å²) in [7, 11) is 0. The number of benzene rings is 1. The molecule has 130 valence electrons. The SMILES string of the molecule is CCc1ccc(/C=C/C=N[C@@H](CCC[N+](=N)CN)C(=O)O)c(F)c1. The maximum absolute atomic E-state index is 13.8. The summed E-state index contributed by atoms with van der Waals surface area (Å²) >= 11 is 0. The first-order chi connectivity index (χ1) is 11.5. The van der Waals surface area contributed by atoms with Crippen LogP contribution in [0.1, 0.15) is 30.9 Å². The van der Waals surface area contributed by atoms with Crippen molar-refractivity contribution in [3.8, 4) is 0 Å². The van der Waals surface area contributed by atoms with E-state index in [0.717, 1.165) is 16.7 Å². The van der Waals surface area contributed by atoms with E-state index < -0.39 is 12.0 Å². The molecule has 0 saturated heterocycles. The summed E-state index contributed by atoms with van der Waals surface area (Å²) in [4.78, 5) is 15.1. The highest BCUT2D eigenvalue weighted by molar-refractivity contribution is 5.82. The number of nitrogens with two attached hydrogens (primary N) is 1. The van der Waals surface area contributed by atoms with Crippen LogP contribution >= 0.6 is 0 Å². The summed E-state index contributed by atoms with van der Waals surface area (Å²) in [5.74, 6) is -1.34. The molecule has 0 radical (unpaired) electrons. The molecule has 4 N–H and O–H groups in total. The Hall–Kier alpha value is -2.41. The van der Waals surface area contributed by atoms with Crippen molar-refractivity contribution in [3.05, 3.63) is 41.2 Å². The van der Waals surface area contributed by atoms with Gasteiger partial charge in [0.15, 0.2) is 6.54 Å². The second kappa shape index (κ2) is 10.4. The maximum atomic E-state index is 13.8. The molecule has 0 aliphatic carbocycles. The van der Waals surface area contributed by atoms with E-state index in [-0.39, 0.29) is 12.5 Å². The number of allylic oxidation sites excluding steroid dienone is 1. The second-order valence-corrected chi connectivity index (χ2v) is 5.31. The molecule has 1 aromatic carbocycles. The number of aliphatic carboxylic acids is 1. The van der Waals surface area contributed by atoms with Crippen LogP contribution in [0.15, 0.2) is 29.3 Å². The standard InChI is InChI=1S/C17H23FN4O2/c1-2-13-7-8-14(15(18)11-13)5-3-9-21-16(17(23)24)6-4-10-22(20)12-19/h3,5,7-9,11,16,20H,2,4,6,10,12,19H2,1H3/p+1/b5-3+,21-9?,22-20?/t16-/m0/s1. The first kappa shape index (κ1) is 19.6. The lowest BCUT2D eigenvalue weighted by Gasteiger charge is -2.05. The van der Waals surface area contributed by atoms with Crippen molar-refractivity contribution in [2.75, 3.05) is 13.2 Å². The van der Waals surface area contributed by atoms with Crippen molar-refractivity contribution < 1.29 is 19.0 Å². The van der Waals surface area contributed by atoms with Crippen LogP contribution < -0.4 is 5.73 Å². The van der Waals surface area contributed by atoms with Gasteiger partial charge in [-0.2, -0.15) is 0 Å². The summed E-state index contributed by atoms with van der Waals surface area (Å²) in [6.07, 6.45) is 6.03. The highest BCUT2D eigenvalue weighted by Crippen LogP contribution is 2.12. The minimum atomic E-state index is -1.03. The summed E-state index contributed by atoms with van der Waals surface area (Å²) in [5, 5.41) is 9.13. The highest BCUT2D eigenvalue weighted by atomic mass is 19.1. The van der Waals surface area contributed by atoms with Crippen LogP contribution in [-0.4, -0.2) is 41.2 Å². The molecule has 0 aliphatic heterocycles. The van der Waals surface area contributed by atoms with Gasteiger partial charge in [0.05, 0.1) is 0 Å². The number of hydrogen-bond acceptors (Lipinski definition) is 4. The van der Waals surface area contributed by atoms with Crippen LogP contribution in [0.5, 0.6) is 0 Å². The van der Waals surface area contributed by atoms with Crippen molar-refractivity contribution in [1.29, 1.82) is 5.53 Å². The zero-order valence-corrected chi connectivity index (χ0v) is 13.8. The quantitative estimate of drug-likeness (QED) is 0.265. The molecule has 0 amide bonds. The first-order valence-corrected chi connectivity index (χ1v) is 7.85. The molecule has 0 aromatic heterocycles. The fraction of sp³-hybridized carbons (Fsp3) is 0.412. The summed E-state index contributed by atoms with van der Waals surface area (Å²) in [6, 6.07) is 4.14. The average molecular weight is 335 g/mol. The normalized spacial score (nSPS) is 12.8. The average Bonchev–Trinajstić information content (AvgIpc) is 2.57. The number of aryl methyl sites for hydroxylation is 1. The zero-order chi connectivity index (χ0) is 17.9. The number of nitrogens with one attached hydrogen (secondary N) is 1. The Kier molecular flexibility index (Phi) is 8.49. The van der Waals surface area contributed by atoms with E-state index in [9.17, 15) is 9.18 Å². The molecule has 0 fully saturated rings. The summed E-state index contributed by atoms with van der Waals surface area (Å²) in [5.41, 5.74) is 14.0. The number of aliphatic imine (C=N–C) groups is 1. The Morgan fingerprint density at radius 1 is 1.54 bits per heavy atom. The molecule has 1 atom stereocenters. The molecule has 6 nitrogen and oxygen atoms in total. The van der Waals surface area contributed by atoms with Crippen molar-refractivity contribution >= 4 is 18.3 Å². The molecule has 0 saturated carbocycles. The van der Waals surface area contributed by atoms with E-state index >= 15 is 0 Å². The van der Waals surface area contributed by atoms with Crippen LogP contribution in [0.3, 0.4) is 0 Å². The Balaban J connectivity index is 2.61. The van der Waals surface area contributed by atoms with E-state index in [4.69, 9.17) is 16.4 Å². The van der Waals surface area contributed by atoms with Gasteiger partial charge in [-0.15, -0.1) is 4.70 Å². The van der Waals surface area contributed by atoms with Crippen LogP contribution in [0, 0.1) is 11.3 Å². The van der Waals surface area contributed by atoms with Gasteiger partial charge in [0.2, 0.25) is 6.67 Å². The largest absolute Gasteiger partial charge is 0.480 e. The first-order valence-electron chi connectivity index (χ1n) is 7.85. The number of nitrogens with zero attached hydrogens (tertiary/aromatic N) is 2. The number of carboxylic acids is 1. The zero-order valence-electron chi connectivity index (χ0n) is 13.8. The van der Waals surface area contributed by atoms with Gasteiger partial charge in [-0.3, -0.25) is 10.7 Å². The molecule has 0 unspecified atom stereocenters. The molecule has 0 heterocycles. The van der Waals surface area contributed by atoms with E-state index in [1.165, 1.54) is 18.4 Å². The number of halogens is 1. The lowest BCUT2D eigenvalue weighted by molar-refractivity contribution is -0.614. The van der Waals surface area contributed by atoms with Gasteiger partial charge in [-0.25, -0.2) is 9.18 Å². The van der Waals surface area contributed by atoms with E-state index in [2.05, 4.69) is 4.99 Å². The van der Waals surface area contributed by atoms with Gasteiger partial charge in [-0.1, -0.05) is 30.7 Å². The Morgan fingerprint density at radius 2 is 2.29 bits per heavy atom. The monoisotopic (exact) mass is 335 g/mol. The van der Waals surface area contributed by atoms with Gasteiger partial charge in [0.25, 0.3) is 0 Å². The third-order valence-electron chi connectivity index (χ3n) is 3.51. The van der Waals surface area contributed by atoms with Crippen LogP contribution in [0.25, 0.3) is 6.08 Å². The molecular weight excluding hydrogens is 311 g/mol. The molecule has 1 rings (SSSR count). The van der Waals surface area contributed by atoms with Crippen LogP contribution in [-0.2, 0) is 11.2 Å². The second-order valence-electron chi connectivity index (χ2n) is 5.31. The summed E-state index contributed by atoms with van der Waals surface area (Å²) in [6.45, 7) is 2.45. The van der Waals surface area contributed by atoms with Gasteiger partial charge in [0, 0.05) is 18.2 Å². The minimum Gasteiger partial charge on any atom is -0.480 e. The fourth-order valence-corrected chi connectivity index (χ4v) is 2.05. The highest BCUT2D eigenvalue weighted by Gasteiger charge is 2.15. The van der Waals surface area contributed by atoms with E-state index in [1.807, 2.05) is 13.0 Å². The molecule has 7 heteroatoms. The number of carbonyl (C=O) groups is 1. The lowest BCUT2D eigenvalue weighted by Crippen LogP contribution is -2.22. The fourth-order valence-electron chi connectivity index (χ4n) is 2.05. The molecule has 1 aromatic rings. The third-order valence-corrected chi connectivity index (χ3v) is 3.51. The van der Waals surface area contributed by atoms with Crippen molar-refractivity contribution in [2.24, 2.45) is 10.7 Å². The molecular formula is C17H24FN4O2+. The predicted molar refractivity (Wildman–Crippen MR) is 90.9 cm³/mol. The lowest BCUT2D eigenvalue weighted by atomic mass is 10.1. The third kappa shape index (κ3) is 6.78. The van der Waals surface area contributed by atoms with Gasteiger partial charge < -0.3 is 5.11 Å². The molecule has 0 aliphatic rings. The topological polar surface area (TPSA) is 103 Å². The van der Waals surface area contributed by atoms with Gasteiger partial charge in [-0.05, 0) is 30.5 Å². The molecule has 24 heavy (non-hydrogen) atoms. The van der Waals surface area contributed by atoms with Crippen molar-refractivity contribution in [3.63, 3.8) is 0 Å². The van der Waals surface area contributed by atoms with Crippen LogP contribution in [0.4, 0.5) is 4.39 Å². The number of hydrogen-bond donors (Lipinski definition) is 3. The predicted octanol–water partition coefficient (Wildman–Crippen LogP) is 2.67. The number of carboxylic acid groups (broad SMARTS) is 1. The molecule has 0 spiro atoms. The Morgan fingerprint density at radius 3 is 2.88 bits per heavy atom. The van der Waals surface area contributed by atoms with E-state index in [1.54, 1.807) is 12.1 Å². The van der Waals surface area contributed by atoms with Crippen molar-refractivity contribution in [1.82, 2.24) is 0 Å². The molecule has 0 bridgehead atoms. The van der Waals surface area contributed by atoms with Crippen LogP contribution in [0.2, 0.25) is 0 Å². The van der Waals surface area contributed by atoms with Crippen molar-refractivity contribution in [2.45, 2.75) is 32.2 Å². The van der Waals surface area contributed by atoms with E-state index in [0.29, 0.717) is 24.9 Å². The minimum absolute atomic E-state index is 0.103. The van der Waals surface area contributed by atoms with Gasteiger partial charge in [0.1, 0.15) is 11.9 Å².